The molecule has 0 aromatic heterocycles. The number of carbonyl (C=O) groups excluding carboxylic acids is 2. The zero-order chi connectivity index (χ0) is 35.2. The van der Waals surface area contributed by atoms with E-state index in [9.17, 15) is 14.9 Å². The molecule has 4 atom stereocenters. The number of primary amides is 2. The van der Waals surface area contributed by atoms with E-state index in [1.807, 2.05) is 19.1 Å². The molecule has 3 rings (SSSR count). The first-order valence-electron chi connectivity index (χ1n) is 16.5. The van der Waals surface area contributed by atoms with E-state index >= 15 is 0 Å². The normalized spacial score (nSPS) is 21.8. The molecular formula is C38H58N6O2. The minimum atomic E-state index is -1.20. The SMILES string of the molecule is C=C(N)C(=C)/C=C\C1=CCCc2cc(C(N)=O)ccc2C1(CC(C)NCC(=C)N(CC#N)C1C(C)C1C)C(N)=O.CCC.CCC. The van der Waals surface area contributed by atoms with Crippen molar-refractivity contribution in [2.24, 2.45) is 29.0 Å². The summed E-state index contributed by atoms with van der Waals surface area (Å²) in [5.74, 6) is -0.0216. The van der Waals surface area contributed by atoms with E-state index in [-0.39, 0.29) is 12.6 Å². The predicted molar refractivity (Wildman–Crippen MR) is 191 cm³/mol. The molecule has 0 spiro atoms. The molecule has 46 heavy (non-hydrogen) atoms. The molecule has 0 radical (unpaired) electrons. The molecule has 1 fully saturated rings. The topological polar surface area (TPSA) is 151 Å². The minimum Gasteiger partial charge on any atom is -0.399 e. The van der Waals surface area contributed by atoms with Gasteiger partial charge in [0.15, 0.2) is 0 Å². The van der Waals surface area contributed by atoms with Crippen LogP contribution in [0.2, 0.25) is 0 Å². The van der Waals surface area contributed by atoms with Gasteiger partial charge in [0.25, 0.3) is 0 Å². The fraction of sp³-hybridized carbons (Fsp3) is 0.500. The molecule has 252 valence electrons. The lowest BCUT2D eigenvalue weighted by molar-refractivity contribution is -0.122. The number of carbonyl (C=O) groups is 2. The maximum absolute atomic E-state index is 13.5. The first-order chi connectivity index (χ1) is 21.7. The number of amides is 2. The van der Waals surface area contributed by atoms with Crippen LogP contribution in [0, 0.1) is 23.2 Å². The highest BCUT2D eigenvalue weighted by Crippen LogP contribution is 2.44. The highest BCUT2D eigenvalue weighted by Gasteiger charge is 2.47. The van der Waals surface area contributed by atoms with Crippen LogP contribution in [0.5, 0.6) is 0 Å². The smallest absolute Gasteiger partial charge is 0.248 e. The molecular weight excluding hydrogens is 572 g/mol. The van der Waals surface area contributed by atoms with Gasteiger partial charge in [-0.05, 0) is 72.4 Å². The molecule has 1 aromatic carbocycles. The first-order valence-corrected chi connectivity index (χ1v) is 16.5. The molecule has 8 heteroatoms. The van der Waals surface area contributed by atoms with E-state index in [0.29, 0.717) is 60.5 Å². The molecule has 0 aliphatic heterocycles. The second kappa shape index (κ2) is 18.8. The highest BCUT2D eigenvalue weighted by atomic mass is 16.1. The number of hydrogen-bond acceptors (Lipinski definition) is 6. The van der Waals surface area contributed by atoms with E-state index in [2.05, 4.69) is 77.6 Å². The van der Waals surface area contributed by atoms with Gasteiger partial charge in [0.2, 0.25) is 11.8 Å². The average Bonchev–Trinajstić information content (AvgIpc) is 3.63. The largest absolute Gasteiger partial charge is 0.399 e. The second-order valence-corrected chi connectivity index (χ2v) is 12.5. The third-order valence-corrected chi connectivity index (χ3v) is 8.46. The van der Waals surface area contributed by atoms with Crippen LogP contribution in [-0.2, 0) is 16.6 Å². The van der Waals surface area contributed by atoms with Crippen molar-refractivity contribution >= 4 is 11.8 Å². The Morgan fingerprint density at radius 1 is 1.11 bits per heavy atom. The van der Waals surface area contributed by atoms with Crippen molar-refractivity contribution in [1.29, 1.82) is 5.26 Å². The molecule has 0 bridgehead atoms. The third-order valence-electron chi connectivity index (χ3n) is 8.46. The summed E-state index contributed by atoms with van der Waals surface area (Å²) in [5.41, 5.74) is 20.9. The fourth-order valence-corrected chi connectivity index (χ4v) is 5.83. The quantitative estimate of drug-likeness (QED) is 0.151. The maximum atomic E-state index is 13.5. The number of nitriles is 1. The number of allylic oxidation sites excluding steroid dienone is 3. The average molecular weight is 631 g/mol. The number of nitrogens with zero attached hydrogens (tertiary/aromatic N) is 2. The Labute approximate surface area is 278 Å². The van der Waals surface area contributed by atoms with Crippen molar-refractivity contribution in [1.82, 2.24) is 10.2 Å². The molecule has 1 aromatic rings. The summed E-state index contributed by atoms with van der Waals surface area (Å²) in [4.78, 5) is 27.5. The van der Waals surface area contributed by atoms with Crippen LogP contribution >= 0.6 is 0 Å². The first kappa shape index (κ1) is 39.9. The van der Waals surface area contributed by atoms with E-state index in [4.69, 9.17) is 17.2 Å². The number of fused-ring (bicyclic) bond motifs is 1. The standard InChI is InChI=1S/C32H42N6O2.2C3H8/c1-19(24(6)34)10-12-27-9-7-8-25-16-26(30(35)39)11-13-28(25)32(27,31(36)40)17-20(2)37-18-21(3)38(15-14-33)29-22(4)23(29)5;2*1-3-2/h9-13,16,20,22-23,29,37H,1,3,6-8,15,17-18,34H2,2,4-5H3,(H2,35,39)(H2,36,40);2*3H2,1-2H3/b12-10-;;. The second-order valence-electron chi connectivity index (χ2n) is 12.5. The van der Waals surface area contributed by atoms with Gasteiger partial charge in [-0.1, -0.05) is 98.4 Å². The van der Waals surface area contributed by atoms with Gasteiger partial charge < -0.3 is 27.4 Å². The molecule has 4 unspecified atom stereocenters. The summed E-state index contributed by atoms with van der Waals surface area (Å²) in [6.07, 6.45) is 9.68. The lowest BCUT2D eigenvalue weighted by Gasteiger charge is -2.36. The molecule has 2 aliphatic carbocycles. The summed E-state index contributed by atoms with van der Waals surface area (Å²) in [6, 6.07) is 7.58. The predicted octanol–water partition coefficient (Wildman–Crippen LogP) is 6.16. The lowest BCUT2D eigenvalue weighted by Crippen LogP contribution is -2.48. The van der Waals surface area contributed by atoms with Crippen LogP contribution in [0.3, 0.4) is 0 Å². The lowest BCUT2D eigenvalue weighted by atomic mass is 9.68. The molecule has 2 amide bonds. The van der Waals surface area contributed by atoms with Gasteiger partial charge in [-0.2, -0.15) is 5.26 Å². The van der Waals surface area contributed by atoms with Crippen molar-refractivity contribution in [3.8, 4) is 6.07 Å². The Morgan fingerprint density at radius 2 is 1.70 bits per heavy atom. The fourth-order valence-electron chi connectivity index (χ4n) is 5.83. The molecule has 0 heterocycles. The van der Waals surface area contributed by atoms with E-state index in [1.165, 1.54) is 12.8 Å². The minimum absolute atomic E-state index is 0.173. The van der Waals surface area contributed by atoms with Crippen LogP contribution in [0.4, 0.5) is 0 Å². The zero-order valence-electron chi connectivity index (χ0n) is 29.3. The van der Waals surface area contributed by atoms with Crippen molar-refractivity contribution in [2.45, 2.75) is 98.1 Å². The third kappa shape index (κ3) is 10.2. The summed E-state index contributed by atoms with van der Waals surface area (Å²) in [5, 5.41) is 12.9. The highest BCUT2D eigenvalue weighted by molar-refractivity contribution is 5.95. The monoisotopic (exact) mass is 630 g/mol. The molecule has 7 N–H and O–H groups in total. The van der Waals surface area contributed by atoms with Gasteiger partial charge in [0, 0.05) is 35.6 Å². The van der Waals surface area contributed by atoms with Gasteiger partial charge in [0.05, 0.1) is 6.07 Å². The van der Waals surface area contributed by atoms with Gasteiger partial charge in [0.1, 0.15) is 12.0 Å². The summed E-state index contributed by atoms with van der Waals surface area (Å²) < 4.78 is 0. The van der Waals surface area contributed by atoms with Crippen LogP contribution in [0.25, 0.3) is 0 Å². The van der Waals surface area contributed by atoms with Crippen LogP contribution < -0.4 is 22.5 Å². The van der Waals surface area contributed by atoms with E-state index < -0.39 is 17.2 Å². The summed E-state index contributed by atoms with van der Waals surface area (Å²) in [7, 11) is 0. The van der Waals surface area contributed by atoms with E-state index in [0.717, 1.165) is 22.4 Å². The van der Waals surface area contributed by atoms with Crippen molar-refractivity contribution < 1.29 is 9.59 Å². The van der Waals surface area contributed by atoms with Gasteiger partial charge in [-0.15, -0.1) is 0 Å². The molecule has 1 saturated carbocycles. The van der Waals surface area contributed by atoms with Crippen LogP contribution in [0.1, 0.15) is 95.6 Å². The maximum Gasteiger partial charge on any atom is 0.248 e. The van der Waals surface area contributed by atoms with E-state index in [1.54, 1.807) is 24.3 Å². The number of hydrogen-bond donors (Lipinski definition) is 4. The molecule has 2 aliphatic rings. The Balaban J connectivity index is 0.00000163. The van der Waals surface area contributed by atoms with Crippen molar-refractivity contribution in [3.05, 3.63) is 95.4 Å². The summed E-state index contributed by atoms with van der Waals surface area (Å²) >= 11 is 0. The number of rotatable bonds is 13. The number of aryl methyl sites for hydroxylation is 1. The Bertz CT molecular complexity index is 1340. The number of benzene rings is 1. The molecule has 0 saturated heterocycles. The van der Waals surface area contributed by atoms with Crippen LogP contribution in [0.15, 0.2) is 78.7 Å². The Morgan fingerprint density at radius 3 is 2.17 bits per heavy atom. The zero-order valence-corrected chi connectivity index (χ0v) is 29.3. The molecule has 8 nitrogen and oxygen atoms in total. The van der Waals surface area contributed by atoms with Crippen LogP contribution in [-0.4, -0.2) is 41.9 Å². The van der Waals surface area contributed by atoms with Crippen molar-refractivity contribution in [3.63, 3.8) is 0 Å². The van der Waals surface area contributed by atoms with Gasteiger partial charge >= 0.3 is 0 Å². The number of nitrogens with two attached hydrogens (primary N) is 3. The van der Waals surface area contributed by atoms with Gasteiger partial charge in [-0.25, -0.2) is 0 Å². The van der Waals surface area contributed by atoms with Crippen molar-refractivity contribution in [2.75, 3.05) is 13.1 Å². The van der Waals surface area contributed by atoms with Gasteiger partial charge in [-0.3, -0.25) is 9.59 Å². The number of nitrogens with one attached hydrogen (secondary N) is 1. The Kier molecular flexibility index (Phi) is 16.3. The summed E-state index contributed by atoms with van der Waals surface area (Å²) in [6.45, 7) is 27.6. The Hall–Kier alpha value is -4.09.